The summed E-state index contributed by atoms with van der Waals surface area (Å²) in [5.74, 6) is -0.882. The number of nitrogens with zero attached hydrogens (tertiary/aromatic N) is 1. The first-order valence-corrected chi connectivity index (χ1v) is 13.2. The number of anilines is 1. The Kier molecular flexibility index (Phi) is 9.52. The average Bonchev–Trinajstić information content (AvgIpc) is 3.38. The van der Waals surface area contributed by atoms with E-state index in [0.29, 0.717) is 24.3 Å². The lowest BCUT2D eigenvalue weighted by atomic mass is 9.86. The first-order valence-electron chi connectivity index (χ1n) is 13.2. The molecule has 1 atom stereocenters. The molecule has 0 saturated carbocycles. The molecule has 3 aromatic carbocycles. The first-order chi connectivity index (χ1) is 19.6. The Labute approximate surface area is 238 Å². The minimum absolute atomic E-state index is 0.165. The number of ether oxygens (including phenoxy) is 2. The van der Waals surface area contributed by atoms with Crippen molar-refractivity contribution >= 4 is 17.5 Å². The molecule has 4 rings (SSSR count). The predicted octanol–water partition coefficient (Wildman–Crippen LogP) is 5.88. The third-order valence-corrected chi connectivity index (χ3v) is 6.34. The van der Waals surface area contributed by atoms with E-state index in [9.17, 15) is 14.0 Å². The molecular formula is C32H34FN3O5. The summed E-state index contributed by atoms with van der Waals surface area (Å²) in [7, 11) is 1.59. The highest BCUT2D eigenvalue weighted by Gasteiger charge is 2.25. The highest BCUT2D eigenvalue weighted by atomic mass is 19.1. The third-order valence-electron chi connectivity index (χ3n) is 6.34. The van der Waals surface area contributed by atoms with Crippen molar-refractivity contribution in [2.75, 3.05) is 12.4 Å². The van der Waals surface area contributed by atoms with Crippen LogP contribution < -0.4 is 15.4 Å². The second-order valence-corrected chi connectivity index (χ2v) is 10.7. The van der Waals surface area contributed by atoms with E-state index in [1.54, 1.807) is 31.4 Å². The average molecular weight is 560 g/mol. The Hall–Kier alpha value is -4.50. The lowest BCUT2D eigenvalue weighted by molar-refractivity contribution is -0.126. The molecule has 2 N–H and O–H groups in total. The van der Waals surface area contributed by atoms with Crippen molar-refractivity contribution in [1.82, 2.24) is 10.5 Å². The van der Waals surface area contributed by atoms with Gasteiger partial charge in [0.2, 0.25) is 5.91 Å². The molecule has 0 aliphatic heterocycles. The smallest absolute Gasteiger partial charge is 0.254 e. The predicted molar refractivity (Wildman–Crippen MR) is 153 cm³/mol. The van der Waals surface area contributed by atoms with Gasteiger partial charge in [-0.25, -0.2) is 4.39 Å². The van der Waals surface area contributed by atoms with Gasteiger partial charge in [0.05, 0.1) is 13.0 Å². The van der Waals surface area contributed by atoms with E-state index in [-0.39, 0.29) is 29.2 Å². The van der Waals surface area contributed by atoms with Gasteiger partial charge in [0.25, 0.3) is 11.8 Å². The van der Waals surface area contributed by atoms with Crippen LogP contribution in [0.5, 0.6) is 5.88 Å². The molecule has 41 heavy (non-hydrogen) atoms. The summed E-state index contributed by atoms with van der Waals surface area (Å²) in [6.07, 6.45) is -0.165. The maximum atomic E-state index is 14.8. The maximum absolute atomic E-state index is 14.8. The summed E-state index contributed by atoms with van der Waals surface area (Å²) in [5, 5.41) is 9.37. The second-order valence-electron chi connectivity index (χ2n) is 10.7. The van der Waals surface area contributed by atoms with Crippen LogP contribution in [0.25, 0.3) is 0 Å². The number of amides is 2. The van der Waals surface area contributed by atoms with Gasteiger partial charge in [0, 0.05) is 18.9 Å². The van der Waals surface area contributed by atoms with Crippen LogP contribution >= 0.6 is 0 Å². The van der Waals surface area contributed by atoms with Crippen LogP contribution in [0.15, 0.2) is 83.4 Å². The molecule has 9 heteroatoms. The molecule has 0 radical (unpaired) electrons. The molecule has 214 valence electrons. The zero-order chi connectivity index (χ0) is 29.4. The fraction of sp³-hybridized carbons (Fsp3) is 0.281. The number of aromatic nitrogens is 1. The number of halogens is 1. The lowest BCUT2D eigenvalue weighted by Gasteiger charge is -2.22. The SMILES string of the molecule is COCc1ccc([C@@H](NC(=O)Cc2cc(OCc3ccccc3)no2)C(=O)Nc2ccc(C(C)(C)C)c(F)c2)cc1. The van der Waals surface area contributed by atoms with E-state index in [0.717, 1.165) is 11.1 Å². The zero-order valence-electron chi connectivity index (χ0n) is 23.6. The molecule has 4 aromatic rings. The van der Waals surface area contributed by atoms with Crippen LogP contribution in [-0.4, -0.2) is 24.1 Å². The molecule has 0 fully saturated rings. The van der Waals surface area contributed by atoms with Gasteiger partial charge >= 0.3 is 0 Å². The molecular weight excluding hydrogens is 525 g/mol. The van der Waals surface area contributed by atoms with Gasteiger partial charge < -0.3 is 24.6 Å². The van der Waals surface area contributed by atoms with Crippen LogP contribution in [0.3, 0.4) is 0 Å². The van der Waals surface area contributed by atoms with Crippen molar-refractivity contribution in [2.45, 2.75) is 51.9 Å². The van der Waals surface area contributed by atoms with Crippen molar-refractivity contribution in [3.63, 3.8) is 0 Å². The Morgan fingerprint density at radius 3 is 2.32 bits per heavy atom. The van der Waals surface area contributed by atoms with Gasteiger partial charge in [-0.15, -0.1) is 0 Å². The van der Waals surface area contributed by atoms with E-state index in [1.807, 2.05) is 63.2 Å². The molecule has 1 heterocycles. The van der Waals surface area contributed by atoms with Gasteiger partial charge in [-0.2, -0.15) is 0 Å². The van der Waals surface area contributed by atoms with Gasteiger partial charge in [-0.05, 0) is 45.0 Å². The van der Waals surface area contributed by atoms with Crippen molar-refractivity contribution in [1.29, 1.82) is 0 Å². The highest BCUT2D eigenvalue weighted by molar-refractivity contribution is 5.98. The van der Waals surface area contributed by atoms with Crippen LogP contribution in [-0.2, 0) is 39.4 Å². The van der Waals surface area contributed by atoms with Gasteiger partial charge in [0.1, 0.15) is 24.2 Å². The molecule has 0 saturated heterocycles. The van der Waals surface area contributed by atoms with E-state index in [1.165, 1.54) is 12.1 Å². The summed E-state index contributed by atoms with van der Waals surface area (Å²) in [4.78, 5) is 26.4. The zero-order valence-corrected chi connectivity index (χ0v) is 23.6. The van der Waals surface area contributed by atoms with Crippen molar-refractivity contribution in [3.8, 4) is 5.88 Å². The van der Waals surface area contributed by atoms with Crippen molar-refractivity contribution in [3.05, 3.63) is 113 Å². The van der Waals surface area contributed by atoms with E-state index in [2.05, 4.69) is 15.8 Å². The van der Waals surface area contributed by atoms with Crippen molar-refractivity contribution in [2.24, 2.45) is 0 Å². The lowest BCUT2D eigenvalue weighted by Crippen LogP contribution is -2.37. The number of benzene rings is 3. The van der Waals surface area contributed by atoms with Gasteiger partial charge in [-0.1, -0.05) is 81.4 Å². The summed E-state index contributed by atoms with van der Waals surface area (Å²) in [6, 6.07) is 21.8. The van der Waals surface area contributed by atoms with E-state index >= 15 is 0 Å². The number of nitrogens with one attached hydrogen (secondary N) is 2. The molecule has 2 amide bonds. The molecule has 0 unspecified atom stereocenters. The Bertz CT molecular complexity index is 1460. The number of rotatable bonds is 11. The fourth-order valence-corrected chi connectivity index (χ4v) is 4.24. The van der Waals surface area contributed by atoms with Gasteiger partial charge in [0.15, 0.2) is 0 Å². The summed E-state index contributed by atoms with van der Waals surface area (Å²) < 4.78 is 30.9. The number of carbonyl (C=O) groups is 2. The molecule has 8 nitrogen and oxygen atoms in total. The minimum Gasteiger partial charge on any atom is -0.471 e. The maximum Gasteiger partial charge on any atom is 0.254 e. The summed E-state index contributed by atoms with van der Waals surface area (Å²) >= 11 is 0. The first kappa shape index (κ1) is 29.5. The Morgan fingerprint density at radius 2 is 1.66 bits per heavy atom. The summed E-state index contributed by atoms with van der Waals surface area (Å²) in [6.45, 7) is 6.45. The number of carbonyl (C=O) groups excluding carboxylic acids is 2. The number of hydrogen-bond donors (Lipinski definition) is 2. The number of methoxy groups -OCH3 is 1. The van der Waals surface area contributed by atoms with Gasteiger partial charge in [-0.3, -0.25) is 9.59 Å². The van der Waals surface area contributed by atoms with Crippen LogP contribution in [0, 0.1) is 5.82 Å². The van der Waals surface area contributed by atoms with E-state index in [4.69, 9.17) is 14.0 Å². The quantitative estimate of drug-likeness (QED) is 0.238. The largest absolute Gasteiger partial charge is 0.471 e. The fourth-order valence-electron chi connectivity index (χ4n) is 4.24. The third kappa shape index (κ3) is 8.25. The van der Waals surface area contributed by atoms with Crippen LogP contribution in [0.1, 0.15) is 54.8 Å². The van der Waals surface area contributed by atoms with Crippen LogP contribution in [0.2, 0.25) is 0 Å². The van der Waals surface area contributed by atoms with Crippen LogP contribution in [0.4, 0.5) is 10.1 Å². The second kappa shape index (κ2) is 13.2. The normalized spacial score (nSPS) is 12.0. The topological polar surface area (TPSA) is 103 Å². The molecule has 0 aliphatic carbocycles. The Morgan fingerprint density at radius 1 is 0.951 bits per heavy atom. The van der Waals surface area contributed by atoms with E-state index < -0.39 is 23.7 Å². The minimum atomic E-state index is -1.05. The Balaban J connectivity index is 1.46. The highest BCUT2D eigenvalue weighted by Crippen LogP contribution is 2.27. The monoisotopic (exact) mass is 559 g/mol. The van der Waals surface area contributed by atoms with Crippen molar-refractivity contribution < 1.29 is 28.0 Å². The summed E-state index contributed by atoms with van der Waals surface area (Å²) in [5.41, 5.74) is 2.85. The standard InChI is InChI=1S/C32H34FN3O5/c1-32(2,3)26-15-14-24(16-27(26)33)34-31(38)30(23-12-10-22(11-13-23)19-39-4)35-28(37)17-25-18-29(36-41-25)40-20-21-8-6-5-7-9-21/h5-16,18,30H,17,19-20H2,1-4H3,(H,34,38)(H,35,37)/t30-/m1/s1. The molecule has 0 aliphatic rings. The molecule has 1 aromatic heterocycles. The number of hydrogen-bond acceptors (Lipinski definition) is 6. The molecule has 0 spiro atoms. The molecule has 0 bridgehead atoms.